The lowest BCUT2D eigenvalue weighted by molar-refractivity contribution is -0.117. The molecular formula is C13H12ClF2NO3S. The van der Waals surface area contributed by atoms with Crippen molar-refractivity contribution in [2.45, 2.75) is 25.2 Å². The van der Waals surface area contributed by atoms with Crippen LogP contribution in [0.5, 0.6) is 5.75 Å². The Hall–Kier alpha value is -1.34. The van der Waals surface area contributed by atoms with E-state index in [4.69, 9.17) is 11.6 Å². The number of carbonyl (C=O) groups excluding carboxylic acids is 2. The molecule has 8 heteroatoms. The predicted molar refractivity (Wildman–Crippen MR) is 77.1 cm³/mol. The van der Waals surface area contributed by atoms with Crippen molar-refractivity contribution >= 4 is 40.1 Å². The highest BCUT2D eigenvalue weighted by molar-refractivity contribution is 8.14. The zero-order chi connectivity index (χ0) is 15.6. The molecule has 0 spiro atoms. The second-order valence-electron chi connectivity index (χ2n) is 4.43. The number of halogens is 3. The van der Waals surface area contributed by atoms with Gasteiger partial charge in [0.1, 0.15) is 5.75 Å². The summed E-state index contributed by atoms with van der Waals surface area (Å²) in [6.07, 6.45) is 0.172. The van der Waals surface area contributed by atoms with E-state index in [2.05, 4.69) is 4.74 Å². The summed E-state index contributed by atoms with van der Waals surface area (Å²) in [6, 6.07) is 4.10. The van der Waals surface area contributed by atoms with Gasteiger partial charge in [0.05, 0.1) is 5.69 Å². The van der Waals surface area contributed by atoms with Crippen LogP contribution < -0.4 is 9.64 Å². The summed E-state index contributed by atoms with van der Waals surface area (Å²) in [4.78, 5) is 24.5. The van der Waals surface area contributed by atoms with Crippen LogP contribution in [0.3, 0.4) is 0 Å². The maximum absolute atomic E-state index is 12.4. The number of hydrogen-bond acceptors (Lipinski definition) is 4. The molecule has 0 saturated carbocycles. The van der Waals surface area contributed by atoms with Gasteiger partial charge in [-0.1, -0.05) is 23.4 Å². The molecule has 114 valence electrons. The number of nitrogens with zero attached hydrogens (tertiary/aromatic N) is 1. The van der Waals surface area contributed by atoms with Crippen molar-refractivity contribution in [3.8, 4) is 5.75 Å². The molecule has 1 fully saturated rings. The van der Waals surface area contributed by atoms with E-state index >= 15 is 0 Å². The van der Waals surface area contributed by atoms with Crippen LogP contribution >= 0.6 is 23.4 Å². The molecule has 1 heterocycles. The SMILES string of the molecule is CC(=O)SC1CC(=O)N(c2cc(Cl)ccc2OC(F)F)C1. The van der Waals surface area contributed by atoms with E-state index in [9.17, 15) is 18.4 Å². The molecule has 0 N–H and O–H groups in total. The van der Waals surface area contributed by atoms with Crippen molar-refractivity contribution in [1.29, 1.82) is 0 Å². The Kier molecular flexibility index (Phi) is 5.05. The minimum atomic E-state index is -3.00. The normalized spacial score (nSPS) is 18.4. The maximum Gasteiger partial charge on any atom is 0.387 e. The van der Waals surface area contributed by atoms with E-state index in [0.717, 1.165) is 11.8 Å². The average molecular weight is 336 g/mol. The largest absolute Gasteiger partial charge is 0.433 e. The molecule has 4 nitrogen and oxygen atoms in total. The molecule has 1 atom stereocenters. The number of carbonyl (C=O) groups is 2. The third-order valence-electron chi connectivity index (χ3n) is 2.85. The number of amides is 1. The summed E-state index contributed by atoms with van der Waals surface area (Å²) in [7, 11) is 0. The molecule has 2 rings (SSSR count). The lowest BCUT2D eigenvalue weighted by Gasteiger charge is -2.20. The van der Waals surface area contributed by atoms with Gasteiger partial charge in [0, 0.05) is 30.2 Å². The highest BCUT2D eigenvalue weighted by atomic mass is 35.5. The van der Waals surface area contributed by atoms with Crippen LogP contribution in [0.15, 0.2) is 18.2 Å². The topological polar surface area (TPSA) is 46.6 Å². The Morgan fingerprint density at radius 3 is 2.86 bits per heavy atom. The van der Waals surface area contributed by atoms with Gasteiger partial charge in [0.25, 0.3) is 0 Å². The van der Waals surface area contributed by atoms with E-state index in [1.54, 1.807) is 0 Å². The van der Waals surface area contributed by atoms with Gasteiger partial charge in [0.15, 0.2) is 5.12 Å². The summed E-state index contributed by atoms with van der Waals surface area (Å²) in [5.41, 5.74) is 0.194. The predicted octanol–water partition coefficient (Wildman–Crippen LogP) is 3.33. The Bertz CT molecular complexity index is 570. The molecule has 1 unspecified atom stereocenters. The molecule has 1 aliphatic rings. The minimum Gasteiger partial charge on any atom is -0.433 e. The van der Waals surface area contributed by atoms with E-state index < -0.39 is 6.61 Å². The van der Waals surface area contributed by atoms with Gasteiger partial charge < -0.3 is 9.64 Å². The van der Waals surface area contributed by atoms with Gasteiger partial charge in [0.2, 0.25) is 5.91 Å². The van der Waals surface area contributed by atoms with Crippen molar-refractivity contribution in [3.63, 3.8) is 0 Å². The Labute approximate surface area is 129 Å². The first kappa shape index (κ1) is 16.0. The van der Waals surface area contributed by atoms with E-state index in [1.807, 2.05) is 0 Å². The number of hydrogen-bond donors (Lipinski definition) is 0. The van der Waals surface area contributed by atoms with Crippen molar-refractivity contribution in [3.05, 3.63) is 23.2 Å². The quantitative estimate of drug-likeness (QED) is 0.846. The molecule has 1 aliphatic heterocycles. The number of ether oxygens (including phenoxy) is 1. The van der Waals surface area contributed by atoms with Crippen LogP contribution in [-0.2, 0) is 9.59 Å². The monoisotopic (exact) mass is 335 g/mol. The molecule has 21 heavy (non-hydrogen) atoms. The van der Waals surface area contributed by atoms with Gasteiger partial charge >= 0.3 is 6.61 Å². The molecule has 0 aliphatic carbocycles. The first-order valence-electron chi connectivity index (χ1n) is 6.08. The number of thioether (sulfide) groups is 1. The molecule has 1 amide bonds. The van der Waals surface area contributed by atoms with Crippen LogP contribution in [-0.4, -0.2) is 29.4 Å². The summed E-state index contributed by atoms with van der Waals surface area (Å²) in [5, 5.41) is 0.0141. The number of benzene rings is 1. The van der Waals surface area contributed by atoms with Gasteiger partial charge in [-0.15, -0.1) is 0 Å². The highest BCUT2D eigenvalue weighted by Gasteiger charge is 2.33. The van der Waals surface area contributed by atoms with Crippen molar-refractivity contribution in [2.24, 2.45) is 0 Å². The van der Waals surface area contributed by atoms with E-state index in [1.165, 1.54) is 30.0 Å². The zero-order valence-corrected chi connectivity index (χ0v) is 12.6. The molecule has 1 saturated heterocycles. The third kappa shape index (κ3) is 4.07. The van der Waals surface area contributed by atoms with Crippen LogP contribution in [0.4, 0.5) is 14.5 Å². The number of anilines is 1. The second kappa shape index (κ2) is 6.62. The lowest BCUT2D eigenvalue weighted by Crippen LogP contribution is -2.26. The zero-order valence-electron chi connectivity index (χ0n) is 11.0. The van der Waals surface area contributed by atoms with Crippen molar-refractivity contribution < 1.29 is 23.1 Å². The average Bonchev–Trinajstić information content (AvgIpc) is 2.71. The van der Waals surface area contributed by atoms with Gasteiger partial charge in [-0.05, 0) is 18.2 Å². The summed E-state index contributed by atoms with van der Waals surface area (Å²) < 4.78 is 29.3. The maximum atomic E-state index is 12.4. The standard InChI is InChI=1S/C13H12ClF2NO3S/c1-7(18)21-9-5-12(19)17(6-9)10-4-8(14)2-3-11(10)20-13(15)16/h2-4,9,13H,5-6H2,1H3. The molecule has 1 aromatic rings. The van der Waals surface area contributed by atoms with Gasteiger partial charge in [-0.25, -0.2) is 0 Å². The molecule has 0 aromatic heterocycles. The molecule has 0 bridgehead atoms. The van der Waals surface area contributed by atoms with Crippen molar-refractivity contribution in [1.82, 2.24) is 0 Å². The molecular weight excluding hydrogens is 324 g/mol. The smallest absolute Gasteiger partial charge is 0.387 e. The fourth-order valence-corrected chi connectivity index (χ4v) is 3.20. The minimum absolute atomic E-state index is 0.0928. The second-order valence-corrected chi connectivity index (χ2v) is 6.34. The van der Waals surface area contributed by atoms with Crippen LogP contribution in [0.1, 0.15) is 13.3 Å². The fraction of sp³-hybridized carbons (Fsp3) is 0.385. The summed E-state index contributed by atoms with van der Waals surface area (Å²) in [6.45, 7) is -1.32. The number of alkyl halides is 2. The van der Waals surface area contributed by atoms with Gasteiger partial charge in [-0.2, -0.15) is 8.78 Å². The number of rotatable bonds is 4. The third-order valence-corrected chi connectivity index (χ3v) is 4.07. The highest BCUT2D eigenvalue weighted by Crippen LogP contribution is 2.37. The lowest BCUT2D eigenvalue weighted by atomic mass is 10.2. The van der Waals surface area contributed by atoms with Crippen LogP contribution in [0.25, 0.3) is 0 Å². The molecule has 0 radical (unpaired) electrons. The first-order chi connectivity index (χ1) is 9.86. The first-order valence-corrected chi connectivity index (χ1v) is 7.34. The van der Waals surface area contributed by atoms with E-state index in [0.29, 0.717) is 5.02 Å². The summed E-state index contributed by atoms with van der Waals surface area (Å²) >= 11 is 6.92. The Morgan fingerprint density at radius 2 is 2.24 bits per heavy atom. The van der Waals surface area contributed by atoms with E-state index in [-0.39, 0.29) is 40.7 Å². The Balaban J connectivity index is 2.26. The van der Waals surface area contributed by atoms with Crippen molar-refractivity contribution in [2.75, 3.05) is 11.4 Å². The molecule has 1 aromatic carbocycles. The van der Waals surface area contributed by atoms with Crippen LogP contribution in [0, 0.1) is 0 Å². The van der Waals surface area contributed by atoms with Crippen LogP contribution in [0.2, 0.25) is 5.02 Å². The summed E-state index contributed by atoms with van der Waals surface area (Å²) in [5.74, 6) is -0.369. The van der Waals surface area contributed by atoms with Gasteiger partial charge in [-0.3, -0.25) is 9.59 Å². The Morgan fingerprint density at radius 1 is 1.52 bits per heavy atom. The fourth-order valence-electron chi connectivity index (χ4n) is 2.12.